The Labute approximate surface area is 135 Å². The zero-order chi connectivity index (χ0) is 15.5. The lowest BCUT2D eigenvalue weighted by Crippen LogP contribution is -2.43. The molecule has 1 unspecified atom stereocenters. The topological polar surface area (TPSA) is 43.6 Å². The van der Waals surface area contributed by atoms with Crippen molar-refractivity contribution >= 4 is 11.0 Å². The van der Waals surface area contributed by atoms with Crippen LogP contribution >= 0.6 is 0 Å². The molecule has 0 bridgehead atoms. The molecule has 1 fully saturated rings. The number of nitrogens with one attached hydrogen (secondary N) is 1. The number of hydrogen-bond donors (Lipinski definition) is 1. The molecule has 2 atom stereocenters. The van der Waals surface area contributed by atoms with Crippen molar-refractivity contribution in [3.05, 3.63) is 66.4 Å². The Hall–Kier alpha value is -2.30. The van der Waals surface area contributed by atoms with Crippen LogP contribution in [0.1, 0.15) is 11.7 Å². The molecule has 3 aromatic rings. The van der Waals surface area contributed by atoms with Crippen molar-refractivity contribution < 1.29 is 13.9 Å². The molecule has 1 aromatic heterocycles. The van der Waals surface area contributed by atoms with E-state index in [1.54, 1.807) is 6.26 Å². The van der Waals surface area contributed by atoms with Crippen LogP contribution in [0.15, 0.2) is 65.3 Å². The largest absolute Gasteiger partial charge is 0.483 e. The van der Waals surface area contributed by atoms with E-state index in [0.29, 0.717) is 6.61 Å². The number of fused-ring (bicyclic) bond motifs is 1. The Kier molecular flexibility index (Phi) is 4.01. The molecule has 1 saturated heterocycles. The van der Waals surface area contributed by atoms with Crippen molar-refractivity contribution in [3.63, 3.8) is 0 Å². The normalized spacial score (nSPS) is 19.6. The molecular formula is C19H19NO3. The van der Waals surface area contributed by atoms with Crippen LogP contribution in [0.2, 0.25) is 0 Å². The number of furan rings is 1. The van der Waals surface area contributed by atoms with Crippen LogP contribution in [0.3, 0.4) is 0 Å². The molecule has 0 aliphatic carbocycles. The highest BCUT2D eigenvalue weighted by Gasteiger charge is 2.27. The third-order valence-electron chi connectivity index (χ3n) is 4.11. The van der Waals surface area contributed by atoms with E-state index in [0.717, 1.165) is 35.4 Å². The first-order chi connectivity index (χ1) is 11.4. The van der Waals surface area contributed by atoms with Crippen LogP contribution in [0.5, 0.6) is 5.75 Å². The van der Waals surface area contributed by atoms with Gasteiger partial charge in [-0.1, -0.05) is 30.3 Å². The lowest BCUT2D eigenvalue weighted by Gasteiger charge is -2.31. The van der Waals surface area contributed by atoms with Gasteiger partial charge in [-0.2, -0.15) is 0 Å². The zero-order valence-electron chi connectivity index (χ0n) is 12.8. The van der Waals surface area contributed by atoms with Crippen LogP contribution in [0, 0.1) is 0 Å². The quantitative estimate of drug-likeness (QED) is 0.800. The lowest BCUT2D eigenvalue weighted by atomic mass is 10.0. The molecule has 0 radical (unpaired) electrons. The summed E-state index contributed by atoms with van der Waals surface area (Å²) in [5.74, 6) is 0.821. The Balaban J connectivity index is 1.63. The standard InChI is InChI=1S/C19H19NO3/c1-2-4-14(5-3-1)19(18-13-20-9-11-22-18)23-16-6-7-17-15(12-16)8-10-21-17/h1-8,10,12,18-20H,9,11,13H2/t18-,19?/m0/s1. The third kappa shape index (κ3) is 3.09. The maximum Gasteiger partial charge on any atom is 0.151 e. The summed E-state index contributed by atoms with van der Waals surface area (Å²) in [6.07, 6.45) is 1.54. The van der Waals surface area contributed by atoms with Crippen LogP contribution in [0.4, 0.5) is 0 Å². The Morgan fingerprint density at radius 2 is 2.00 bits per heavy atom. The summed E-state index contributed by atoms with van der Waals surface area (Å²) in [7, 11) is 0. The molecule has 1 aliphatic heterocycles. The minimum Gasteiger partial charge on any atom is -0.483 e. The fourth-order valence-corrected chi connectivity index (χ4v) is 2.95. The number of rotatable bonds is 4. The first-order valence-electron chi connectivity index (χ1n) is 7.91. The van der Waals surface area contributed by atoms with Crippen molar-refractivity contribution in [2.75, 3.05) is 19.7 Å². The monoisotopic (exact) mass is 309 g/mol. The fourth-order valence-electron chi connectivity index (χ4n) is 2.95. The minimum absolute atomic E-state index is 0.00815. The van der Waals surface area contributed by atoms with Crippen molar-refractivity contribution in [2.24, 2.45) is 0 Å². The molecule has 1 aliphatic rings. The van der Waals surface area contributed by atoms with E-state index in [1.807, 2.05) is 42.5 Å². The first kappa shape index (κ1) is 14.3. The summed E-state index contributed by atoms with van der Waals surface area (Å²) < 4.78 is 17.6. The molecule has 4 heteroatoms. The number of hydrogen-bond acceptors (Lipinski definition) is 4. The molecule has 0 saturated carbocycles. The fraction of sp³-hybridized carbons (Fsp3) is 0.263. The molecule has 0 spiro atoms. The van der Waals surface area contributed by atoms with Gasteiger partial charge in [0.2, 0.25) is 0 Å². The molecule has 23 heavy (non-hydrogen) atoms. The SMILES string of the molecule is c1ccc(C(Oc2ccc3occc3c2)[C@@H]2CNCCO2)cc1. The number of morpholine rings is 1. The van der Waals surface area contributed by atoms with E-state index in [4.69, 9.17) is 13.9 Å². The summed E-state index contributed by atoms with van der Waals surface area (Å²) in [6.45, 7) is 2.38. The van der Waals surface area contributed by atoms with E-state index >= 15 is 0 Å². The molecule has 4 nitrogen and oxygen atoms in total. The molecule has 1 N–H and O–H groups in total. The molecule has 2 aromatic carbocycles. The highest BCUT2D eigenvalue weighted by Crippen LogP contribution is 2.29. The smallest absolute Gasteiger partial charge is 0.151 e. The maximum absolute atomic E-state index is 6.31. The second kappa shape index (κ2) is 6.44. The van der Waals surface area contributed by atoms with Gasteiger partial charge in [0.1, 0.15) is 17.4 Å². The molecule has 2 heterocycles. The predicted octanol–water partition coefficient (Wildman–Crippen LogP) is 3.54. The van der Waals surface area contributed by atoms with Gasteiger partial charge in [-0.25, -0.2) is 0 Å². The van der Waals surface area contributed by atoms with E-state index < -0.39 is 0 Å². The van der Waals surface area contributed by atoms with Crippen molar-refractivity contribution in [1.82, 2.24) is 5.32 Å². The van der Waals surface area contributed by atoms with E-state index in [2.05, 4.69) is 17.4 Å². The van der Waals surface area contributed by atoms with E-state index in [1.165, 1.54) is 0 Å². The van der Waals surface area contributed by atoms with Gasteiger partial charge < -0.3 is 19.2 Å². The Morgan fingerprint density at radius 3 is 2.83 bits per heavy atom. The minimum atomic E-state index is -0.145. The highest BCUT2D eigenvalue weighted by atomic mass is 16.5. The molecule has 118 valence electrons. The van der Waals surface area contributed by atoms with Gasteiger partial charge in [-0.15, -0.1) is 0 Å². The summed E-state index contributed by atoms with van der Waals surface area (Å²) in [4.78, 5) is 0. The van der Waals surface area contributed by atoms with Gasteiger partial charge in [0.05, 0.1) is 12.9 Å². The van der Waals surface area contributed by atoms with Gasteiger partial charge >= 0.3 is 0 Å². The summed E-state index contributed by atoms with van der Waals surface area (Å²) >= 11 is 0. The van der Waals surface area contributed by atoms with E-state index in [-0.39, 0.29) is 12.2 Å². The average molecular weight is 309 g/mol. The molecule has 0 amide bonds. The van der Waals surface area contributed by atoms with Crippen LogP contribution < -0.4 is 10.1 Å². The van der Waals surface area contributed by atoms with E-state index in [9.17, 15) is 0 Å². The average Bonchev–Trinajstić information content (AvgIpc) is 3.09. The third-order valence-corrected chi connectivity index (χ3v) is 4.11. The van der Waals surface area contributed by atoms with Crippen LogP contribution in [0.25, 0.3) is 11.0 Å². The number of ether oxygens (including phenoxy) is 2. The van der Waals surface area contributed by atoms with Crippen molar-refractivity contribution in [3.8, 4) is 5.75 Å². The highest BCUT2D eigenvalue weighted by molar-refractivity contribution is 5.78. The van der Waals surface area contributed by atoms with Crippen LogP contribution in [-0.2, 0) is 4.74 Å². The van der Waals surface area contributed by atoms with Crippen molar-refractivity contribution in [1.29, 1.82) is 0 Å². The second-order valence-corrected chi connectivity index (χ2v) is 5.68. The summed E-state index contributed by atoms with van der Waals surface area (Å²) in [5.41, 5.74) is 1.98. The summed E-state index contributed by atoms with van der Waals surface area (Å²) in [6, 6.07) is 18.1. The first-order valence-corrected chi connectivity index (χ1v) is 7.91. The van der Waals surface area contributed by atoms with Gasteiger partial charge in [-0.3, -0.25) is 0 Å². The Bertz CT molecular complexity index is 762. The summed E-state index contributed by atoms with van der Waals surface area (Å²) in [5, 5.41) is 4.42. The van der Waals surface area contributed by atoms with Gasteiger partial charge in [0.25, 0.3) is 0 Å². The predicted molar refractivity (Wildman–Crippen MR) is 88.6 cm³/mol. The van der Waals surface area contributed by atoms with Gasteiger partial charge in [0.15, 0.2) is 6.10 Å². The maximum atomic E-state index is 6.31. The van der Waals surface area contributed by atoms with Gasteiger partial charge in [0, 0.05) is 18.5 Å². The Morgan fingerprint density at radius 1 is 1.09 bits per heavy atom. The second-order valence-electron chi connectivity index (χ2n) is 5.68. The lowest BCUT2D eigenvalue weighted by molar-refractivity contribution is -0.0432. The number of benzene rings is 2. The molecular weight excluding hydrogens is 290 g/mol. The zero-order valence-corrected chi connectivity index (χ0v) is 12.8. The van der Waals surface area contributed by atoms with Gasteiger partial charge in [-0.05, 0) is 29.8 Å². The van der Waals surface area contributed by atoms with Crippen LogP contribution in [-0.4, -0.2) is 25.8 Å². The molecule has 4 rings (SSSR count). The van der Waals surface area contributed by atoms with Crippen molar-refractivity contribution in [2.45, 2.75) is 12.2 Å².